The van der Waals surface area contributed by atoms with E-state index in [0.717, 1.165) is 19.3 Å². The van der Waals surface area contributed by atoms with Crippen molar-refractivity contribution in [3.05, 3.63) is 0 Å². The fraction of sp³-hybridized carbons (Fsp3) is 0.929. The lowest BCUT2D eigenvalue weighted by atomic mass is 9.88. The molecule has 2 nitrogen and oxygen atoms in total. The van der Waals surface area contributed by atoms with Gasteiger partial charge in [-0.25, -0.2) is 0 Å². The summed E-state index contributed by atoms with van der Waals surface area (Å²) in [5.74, 6) is 0.800. The molecule has 0 aliphatic heterocycles. The van der Waals surface area contributed by atoms with Crippen LogP contribution in [0.3, 0.4) is 0 Å². The standard InChI is InChI=1S/C14H26O2/c1-10-8-11(9-13(10)16)12(15)6-5-7-14(2,3)4/h10-11,13,16H,5-9H2,1-4H3. The molecule has 1 aliphatic rings. The minimum atomic E-state index is -0.253. The van der Waals surface area contributed by atoms with Gasteiger partial charge in [-0.1, -0.05) is 27.7 Å². The lowest BCUT2D eigenvalue weighted by molar-refractivity contribution is -0.123. The second kappa shape index (κ2) is 5.31. The average Bonchev–Trinajstić information content (AvgIpc) is 2.45. The molecule has 0 amide bonds. The molecule has 0 saturated heterocycles. The van der Waals surface area contributed by atoms with Gasteiger partial charge < -0.3 is 5.11 Å². The van der Waals surface area contributed by atoms with Crippen molar-refractivity contribution in [2.24, 2.45) is 17.3 Å². The average molecular weight is 226 g/mol. The summed E-state index contributed by atoms with van der Waals surface area (Å²) in [6.45, 7) is 8.66. The van der Waals surface area contributed by atoms with Crippen LogP contribution in [0.1, 0.15) is 59.8 Å². The van der Waals surface area contributed by atoms with E-state index in [1.807, 2.05) is 6.92 Å². The number of rotatable bonds is 4. The van der Waals surface area contributed by atoms with E-state index in [9.17, 15) is 9.90 Å². The number of hydrogen-bond donors (Lipinski definition) is 1. The van der Waals surface area contributed by atoms with E-state index in [0.29, 0.717) is 30.0 Å². The molecule has 2 heteroatoms. The van der Waals surface area contributed by atoms with Crippen LogP contribution in [0.4, 0.5) is 0 Å². The molecule has 0 spiro atoms. The Bertz CT molecular complexity index is 230. The van der Waals surface area contributed by atoms with Crippen molar-refractivity contribution in [1.82, 2.24) is 0 Å². The summed E-state index contributed by atoms with van der Waals surface area (Å²) in [4.78, 5) is 11.9. The van der Waals surface area contributed by atoms with Gasteiger partial charge >= 0.3 is 0 Å². The first-order chi connectivity index (χ1) is 7.29. The number of hydrogen-bond acceptors (Lipinski definition) is 2. The van der Waals surface area contributed by atoms with Crippen LogP contribution >= 0.6 is 0 Å². The van der Waals surface area contributed by atoms with Crippen molar-refractivity contribution in [3.63, 3.8) is 0 Å². The predicted molar refractivity (Wildman–Crippen MR) is 66.2 cm³/mol. The zero-order chi connectivity index (χ0) is 12.3. The molecule has 3 unspecified atom stereocenters. The lowest BCUT2D eigenvalue weighted by Crippen LogP contribution is -2.13. The van der Waals surface area contributed by atoms with Crippen LogP contribution in [0.15, 0.2) is 0 Å². The van der Waals surface area contributed by atoms with Gasteiger partial charge in [0.25, 0.3) is 0 Å². The fourth-order valence-corrected chi connectivity index (χ4v) is 2.49. The Balaban J connectivity index is 2.26. The zero-order valence-corrected chi connectivity index (χ0v) is 11.1. The molecule has 0 radical (unpaired) electrons. The van der Waals surface area contributed by atoms with E-state index in [4.69, 9.17) is 0 Å². The van der Waals surface area contributed by atoms with Crippen LogP contribution in [-0.2, 0) is 4.79 Å². The van der Waals surface area contributed by atoms with Crippen LogP contribution in [0.5, 0.6) is 0 Å². The topological polar surface area (TPSA) is 37.3 Å². The number of ketones is 1. The largest absolute Gasteiger partial charge is 0.393 e. The highest BCUT2D eigenvalue weighted by Crippen LogP contribution is 2.33. The number of aliphatic hydroxyl groups excluding tert-OH is 1. The van der Waals surface area contributed by atoms with Crippen molar-refractivity contribution < 1.29 is 9.90 Å². The Morgan fingerprint density at radius 3 is 2.38 bits per heavy atom. The number of aliphatic hydroxyl groups is 1. The third kappa shape index (κ3) is 4.25. The van der Waals surface area contributed by atoms with E-state index in [1.165, 1.54) is 0 Å². The minimum Gasteiger partial charge on any atom is -0.393 e. The molecule has 1 aliphatic carbocycles. The zero-order valence-electron chi connectivity index (χ0n) is 11.1. The molecule has 0 aromatic heterocycles. The molecule has 3 atom stereocenters. The molecule has 94 valence electrons. The SMILES string of the molecule is CC1CC(C(=O)CCCC(C)(C)C)CC1O. The summed E-state index contributed by atoms with van der Waals surface area (Å²) in [6.07, 6.45) is 4.11. The monoisotopic (exact) mass is 226 g/mol. The van der Waals surface area contributed by atoms with Crippen LogP contribution in [0.25, 0.3) is 0 Å². The van der Waals surface area contributed by atoms with Gasteiger partial charge in [0, 0.05) is 12.3 Å². The molecule has 0 aromatic carbocycles. The molecule has 16 heavy (non-hydrogen) atoms. The van der Waals surface area contributed by atoms with Gasteiger partial charge in [-0.3, -0.25) is 4.79 Å². The summed E-state index contributed by atoms with van der Waals surface area (Å²) in [5.41, 5.74) is 0.322. The van der Waals surface area contributed by atoms with Gasteiger partial charge in [0.2, 0.25) is 0 Å². The Morgan fingerprint density at radius 2 is 1.94 bits per heavy atom. The summed E-state index contributed by atoms with van der Waals surface area (Å²) < 4.78 is 0. The molecule has 1 N–H and O–H groups in total. The maximum Gasteiger partial charge on any atom is 0.136 e. The minimum absolute atomic E-state index is 0.130. The molecule has 0 aromatic rings. The molecular formula is C14H26O2. The first kappa shape index (κ1) is 13.7. The number of Topliss-reactive ketones (excluding diaryl/α,β-unsaturated/α-hetero) is 1. The van der Waals surface area contributed by atoms with E-state index >= 15 is 0 Å². The highest BCUT2D eigenvalue weighted by atomic mass is 16.3. The molecular weight excluding hydrogens is 200 g/mol. The summed E-state index contributed by atoms with van der Waals surface area (Å²) in [6, 6.07) is 0. The number of carbonyl (C=O) groups is 1. The van der Waals surface area contributed by atoms with Crippen molar-refractivity contribution in [2.75, 3.05) is 0 Å². The molecule has 1 rings (SSSR count). The third-order valence-corrected chi connectivity index (χ3v) is 3.64. The quantitative estimate of drug-likeness (QED) is 0.799. The molecule has 0 heterocycles. The van der Waals surface area contributed by atoms with E-state index in [-0.39, 0.29) is 12.0 Å². The lowest BCUT2D eigenvalue weighted by Gasteiger charge is -2.17. The summed E-state index contributed by atoms with van der Waals surface area (Å²) >= 11 is 0. The molecule has 1 fully saturated rings. The Morgan fingerprint density at radius 1 is 1.31 bits per heavy atom. The smallest absolute Gasteiger partial charge is 0.136 e. The second-order valence-corrected chi connectivity index (χ2v) is 6.59. The van der Waals surface area contributed by atoms with E-state index in [2.05, 4.69) is 20.8 Å². The number of carbonyl (C=O) groups excluding carboxylic acids is 1. The summed E-state index contributed by atoms with van der Waals surface area (Å²) in [5, 5.41) is 9.62. The summed E-state index contributed by atoms with van der Waals surface area (Å²) in [7, 11) is 0. The Labute approximate surface area is 99.4 Å². The van der Waals surface area contributed by atoms with Crippen LogP contribution in [0.2, 0.25) is 0 Å². The van der Waals surface area contributed by atoms with Crippen LogP contribution in [-0.4, -0.2) is 17.0 Å². The second-order valence-electron chi connectivity index (χ2n) is 6.59. The van der Waals surface area contributed by atoms with Crippen molar-refractivity contribution in [2.45, 2.75) is 65.9 Å². The van der Waals surface area contributed by atoms with Gasteiger partial charge in [-0.2, -0.15) is 0 Å². The van der Waals surface area contributed by atoms with Gasteiger partial charge in [-0.05, 0) is 37.0 Å². The molecule has 0 bridgehead atoms. The molecule has 1 saturated carbocycles. The Hall–Kier alpha value is -0.370. The van der Waals surface area contributed by atoms with E-state index in [1.54, 1.807) is 0 Å². The first-order valence-corrected chi connectivity index (χ1v) is 6.50. The van der Waals surface area contributed by atoms with Crippen LogP contribution in [0, 0.1) is 17.3 Å². The predicted octanol–water partition coefficient (Wildman–Crippen LogP) is 3.18. The Kier molecular flexibility index (Phi) is 4.54. The highest BCUT2D eigenvalue weighted by molar-refractivity contribution is 5.81. The van der Waals surface area contributed by atoms with E-state index < -0.39 is 0 Å². The van der Waals surface area contributed by atoms with Crippen LogP contribution < -0.4 is 0 Å². The van der Waals surface area contributed by atoms with Gasteiger partial charge in [0.1, 0.15) is 5.78 Å². The third-order valence-electron chi connectivity index (χ3n) is 3.64. The maximum absolute atomic E-state index is 11.9. The van der Waals surface area contributed by atoms with Gasteiger partial charge in [0.15, 0.2) is 0 Å². The van der Waals surface area contributed by atoms with Crippen molar-refractivity contribution in [3.8, 4) is 0 Å². The van der Waals surface area contributed by atoms with Gasteiger partial charge in [-0.15, -0.1) is 0 Å². The van der Waals surface area contributed by atoms with Gasteiger partial charge in [0.05, 0.1) is 6.10 Å². The normalized spacial score (nSPS) is 30.7. The van der Waals surface area contributed by atoms with Crippen molar-refractivity contribution >= 4 is 5.78 Å². The first-order valence-electron chi connectivity index (χ1n) is 6.50. The van der Waals surface area contributed by atoms with Crippen molar-refractivity contribution in [1.29, 1.82) is 0 Å². The maximum atomic E-state index is 11.9. The highest BCUT2D eigenvalue weighted by Gasteiger charge is 2.33. The fourth-order valence-electron chi connectivity index (χ4n) is 2.49.